The van der Waals surface area contributed by atoms with E-state index in [1.54, 1.807) is 5.92 Å². The Morgan fingerprint density at radius 3 is 2.50 bits per heavy atom. The maximum atomic E-state index is 9.76. The SMILES string of the molecule is C#CC(=O)NS. The molecular weight excluding hydrogens is 98.1 g/mol. The average Bonchev–Trinajstić information content (AvgIpc) is 1.65. The van der Waals surface area contributed by atoms with Crippen LogP contribution in [-0.4, -0.2) is 5.91 Å². The highest BCUT2D eigenvalue weighted by molar-refractivity contribution is 7.78. The van der Waals surface area contributed by atoms with Gasteiger partial charge in [-0.15, -0.1) is 6.42 Å². The highest BCUT2D eigenvalue weighted by atomic mass is 32.1. The third-order valence-electron chi connectivity index (χ3n) is 0.233. The number of hydrogen-bond donors (Lipinski definition) is 2. The molecule has 0 radical (unpaired) electrons. The molecule has 0 aromatic rings. The van der Waals surface area contributed by atoms with Crippen molar-refractivity contribution in [1.29, 1.82) is 0 Å². The van der Waals surface area contributed by atoms with Gasteiger partial charge in [0.05, 0.1) is 0 Å². The maximum Gasteiger partial charge on any atom is 0.305 e. The van der Waals surface area contributed by atoms with E-state index < -0.39 is 5.91 Å². The lowest BCUT2D eigenvalue weighted by Gasteiger charge is -1.77. The van der Waals surface area contributed by atoms with Crippen molar-refractivity contribution in [3.05, 3.63) is 0 Å². The van der Waals surface area contributed by atoms with E-state index in [0.717, 1.165) is 0 Å². The number of carbonyl (C=O) groups excluding carboxylic acids is 1. The second-order valence-corrected chi connectivity index (χ2v) is 0.809. The minimum absolute atomic E-state index is 0.515. The molecule has 32 valence electrons. The van der Waals surface area contributed by atoms with Crippen LogP contribution < -0.4 is 4.72 Å². The van der Waals surface area contributed by atoms with Crippen LogP contribution in [0.3, 0.4) is 0 Å². The van der Waals surface area contributed by atoms with Crippen molar-refractivity contribution in [1.82, 2.24) is 4.72 Å². The minimum Gasteiger partial charge on any atom is -0.292 e. The fraction of sp³-hybridized carbons (Fsp3) is 0. The van der Waals surface area contributed by atoms with Crippen LogP contribution in [0.15, 0.2) is 0 Å². The molecule has 6 heavy (non-hydrogen) atoms. The summed E-state index contributed by atoms with van der Waals surface area (Å²) in [6, 6.07) is 0. The Balaban J connectivity index is 3.33. The van der Waals surface area contributed by atoms with Gasteiger partial charge in [-0.05, 0) is 5.92 Å². The molecule has 0 spiro atoms. The van der Waals surface area contributed by atoms with Gasteiger partial charge < -0.3 is 0 Å². The normalized spacial score (nSPS) is 6.00. The van der Waals surface area contributed by atoms with Crippen LogP contribution in [0.5, 0.6) is 0 Å². The molecule has 0 aromatic carbocycles. The molecule has 0 aliphatic rings. The van der Waals surface area contributed by atoms with Crippen molar-refractivity contribution in [2.45, 2.75) is 0 Å². The summed E-state index contributed by atoms with van der Waals surface area (Å²) in [4.78, 5) is 9.76. The van der Waals surface area contributed by atoms with Crippen molar-refractivity contribution in [3.63, 3.8) is 0 Å². The van der Waals surface area contributed by atoms with Crippen LogP contribution in [0.1, 0.15) is 0 Å². The molecule has 1 N–H and O–H groups in total. The molecule has 0 rings (SSSR count). The van der Waals surface area contributed by atoms with E-state index in [4.69, 9.17) is 0 Å². The van der Waals surface area contributed by atoms with Gasteiger partial charge in [0.2, 0.25) is 0 Å². The largest absolute Gasteiger partial charge is 0.305 e. The van der Waals surface area contributed by atoms with Crippen LogP contribution >= 0.6 is 12.8 Å². The van der Waals surface area contributed by atoms with Gasteiger partial charge in [-0.25, -0.2) is 0 Å². The molecule has 0 heterocycles. The Morgan fingerprint density at radius 1 is 2.00 bits per heavy atom. The Labute approximate surface area is 41.5 Å². The first kappa shape index (κ1) is 5.38. The lowest BCUT2D eigenvalue weighted by atomic mass is 10.7. The fourth-order valence-electron chi connectivity index (χ4n) is 0.0323. The lowest BCUT2D eigenvalue weighted by molar-refractivity contribution is -0.113. The van der Waals surface area contributed by atoms with E-state index in [-0.39, 0.29) is 0 Å². The van der Waals surface area contributed by atoms with Crippen LogP contribution in [0, 0.1) is 12.3 Å². The Morgan fingerprint density at radius 2 is 2.50 bits per heavy atom. The minimum atomic E-state index is -0.515. The Kier molecular flexibility index (Phi) is 2.34. The fourth-order valence-corrected chi connectivity index (χ4v) is 0.0968. The van der Waals surface area contributed by atoms with Gasteiger partial charge >= 0.3 is 5.91 Å². The zero-order valence-corrected chi connectivity index (χ0v) is 3.83. The molecule has 0 aliphatic carbocycles. The van der Waals surface area contributed by atoms with Crippen molar-refractivity contribution in [2.24, 2.45) is 0 Å². The molecule has 0 atom stereocenters. The van der Waals surface area contributed by atoms with Gasteiger partial charge in [0.25, 0.3) is 0 Å². The Bertz CT molecular complexity index is 93.5. The summed E-state index contributed by atoms with van der Waals surface area (Å²) in [5.74, 6) is 1.27. The van der Waals surface area contributed by atoms with E-state index in [1.165, 1.54) is 0 Å². The number of amides is 1. The molecule has 0 saturated carbocycles. The van der Waals surface area contributed by atoms with Gasteiger partial charge in [0, 0.05) is 0 Å². The van der Waals surface area contributed by atoms with E-state index in [2.05, 4.69) is 19.2 Å². The molecular formula is C3H3NOS. The molecule has 0 bridgehead atoms. The molecule has 0 unspecified atom stereocenters. The van der Waals surface area contributed by atoms with Crippen molar-refractivity contribution < 1.29 is 4.79 Å². The topological polar surface area (TPSA) is 29.1 Å². The summed E-state index contributed by atoms with van der Waals surface area (Å²) >= 11 is 3.35. The van der Waals surface area contributed by atoms with Gasteiger partial charge in [-0.2, -0.15) is 0 Å². The number of rotatable bonds is 0. The van der Waals surface area contributed by atoms with Gasteiger partial charge in [-0.1, -0.05) is 12.8 Å². The highest BCUT2D eigenvalue weighted by Gasteiger charge is 1.80. The molecule has 0 saturated heterocycles. The second kappa shape index (κ2) is 2.61. The van der Waals surface area contributed by atoms with E-state index in [9.17, 15) is 4.79 Å². The summed E-state index contributed by atoms with van der Waals surface area (Å²) < 4.78 is 1.93. The number of thiol groups is 1. The first-order chi connectivity index (χ1) is 2.81. The smallest absolute Gasteiger partial charge is 0.292 e. The molecule has 3 heteroatoms. The van der Waals surface area contributed by atoms with Crippen molar-refractivity contribution in [2.75, 3.05) is 0 Å². The average molecular weight is 101 g/mol. The molecule has 0 fully saturated rings. The standard InChI is InChI=1S/C3H3NOS/c1-2-3(5)4-6/h1,6H,(H,4,5). The summed E-state index contributed by atoms with van der Waals surface area (Å²) in [6.45, 7) is 0. The van der Waals surface area contributed by atoms with Crippen molar-refractivity contribution >= 4 is 18.7 Å². The highest BCUT2D eigenvalue weighted by Crippen LogP contribution is 1.58. The Hall–Kier alpha value is -0.620. The lowest BCUT2D eigenvalue weighted by Crippen LogP contribution is -2.07. The van der Waals surface area contributed by atoms with E-state index in [0.29, 0.717) is 0 Å². The third kappa shape index (κ3) is 1.68. The van der Waals surface area contributed by atoms with Crippen LogP contribution in [0.25, 0.3) is 0 Å². The van der Waals surface area contributed by atoms with Gasteiger partial charge in [0.15, 0.2) is 0 Å². The first-order valence-corrected chi connectivity index (χ1v) is 1.66. The van der Waals surface area contributed by atoms with Crippen LogP contribution in [0.2, 0.25) is 0 Å². The summed E-state index contributed by atoms with van der Waals surface area (Å²) in [5.41, 5.74) is 0. The monoisotopic (exact) mass is 101 g/mol. The summed E-state index contributed by atoms with van der Waals surface area (Å²) in [7, 11) is 0. The predicted octanol–water partition coefficient (Wildman–Crippen LogP) is -0.419. The zero-order chi connectivity index (χ0) is 4.99. The molecule has 0 aliphatic heterocycles. The third-order valence-corrected chi connectivity index (χ3v) is 0.436. The van der Waals surface area contributed by atoms with E-state index in [1.807, 2.05) is 4.72 Å². The molecule has 2 nitrogen and oxygen atoms in total. The van der Waals surface area contributed by atoms with Gasteiger partial charge in [-0.3, -0.25) is 9.52 Å². The summed E-state index contributed by atoms with van der Waals surface area (Å²) in [6.07, 6.45) is 4.57. The maximum absolute atomic E-state index is 9.76. The second-order valence-electron chi connectivity index (χ2n) is 0.585. The number of nitrogens with one attached hydrogen (secondary N) is 1. The first-order valence-electron chi connectivity index (χ1n) is 1.22. The van der Waals surface area contributed by atoms with Crippen LogP contribution in [-0.2, 0) is 4.79 Å². The quantitative estimate of drug-likeness (QED) is 0.315. The molecule has 1 amide bonds. The van der Waals surface area contributed by atoms with E-state index >= 15 is 0 Å². The number of terminal acetylenes is 1. The number of carbonyl (C=O) groups is 1. The van der Waals surface area contributed by atoms with Crippen LogP contribution in [0.4, 0.5) is 0 Å². The van der Waals surface area contributed by atoms with Gasteiger partial charge in [0.1, 0.15) is 0 Å². The zero-order valence-electron chi connectivity index (χ0n) is 2.93. The van der Waals surface area contributed by atoms with Crippen molar-refractivity contribution in [3.8, 4) is 12.3 Å². The summed E-state index contributed by atoms with van der Waals surface area (Å²) in [5, 5.41) is 0. The number of hydrogen-bond acceptors (Lipinski definition) is 2. The molecule has 0 aromatic heterocycles. The predicted molar refractivity (Wildman–Crippen MR) is 26.0 cm³/mol.